The number of carbonyl (C=O) groups excluding carboxylic acids is 1. The summed E-state index contributed by atoms with van der Waals surface area (Å²) in [4.78, 5) is 31.0. The lowest BCUT2D eigenvalue weighted by Crippen LogP contribution is -2.14. The van der Waals surface area contributed by atoms with Crippen molar-refractivity contribution >= 4 is 30.4 Å². The highest BCUT2D eigenvalue weighted by Crippen LogP contribution is 2.36. The molecule has 0 aliphatic heterocycles. The number of aryl methyl sites for hydroxylation is 1. The van der Waals surface area contributed by atoms with Crippen LogP contribution in [-0.2, 0) is 28.4 Å². The number of benzene rings is 2. The average molecular weight is 525 g/mol. The molecule has 0 bridgehead atoms. The van der Waals surface area contributed by atoms with Crippen molar-refractivity contribution in [3.05, 3.63) is 59.2 Å². The standard InChI is InChI=1S/C21H19F3N5O6P/c1-2-3-12-6-7-15(10-16(12)21(22,23)24)25-20(30)14-5-4-13-8-18(35-17(13)9-14)19-26-28-29(27-19)11-34-36(31,32)33/h4-10H,2-3,11H2,1H3,(H,25,30)(H2,31,32,33). The van der Waals surface area contributed by atoms with Crippen LogP contribution >= 0.6 is 7.82 Å². The lowest BCUT2D eigenvalue weighted by Gasteiger charge is -2.14. The number of nitrogens with zero attached hydrogens (tertiary/aromatic N) is 4. The van der Waals surface area contributed by atoms with Gasteiger partial charge in [0.2, 0.25) is 5.82 Å². The van der Waals surface area contributed by atoms with Crippen LogP contribution in [0.2, 0.25) is 0 Å². The maximum absolute atomic E-state index is 13.4. The van der Waals surface area contributed by atoms with Crippen molar-refractivity contribution in [2.45, 2.75) is 32.7 Å². The van der Waals surface area contributed by atoms with Crippen molar-refractivity contribution in [1.82, 2.24) is 20.2 Å². The molecule has 11 nitrogen and oxygen atoms in total. The summed E-state index contributed by atoms with van der Waals surface area (Å²) in [6, 6.07) is 9.71. The summed E-state index contributed by atoms with van der Waals surface area (Å²) in [7, 11) is -4.72. The second-order valence-corrected chi connectivity index (χ2v) is 8.91. The Kier molecular flexibility index (Phi) is 6.96. The molecule has 4 rings (SSSR count). The molecule has 2 aromatic carbocycles. The molecule has 0 spiro atoms. The summed E-state index contributed by atoms with van der Waals surface area (Å²) in [5, 5.41) is 14.3. The highest BCUT2D eigenvalue weighted by Gasteiger charge is 2.33. The van der Waals surface area contributed by atoms with Crippen molar-refractivity contribution in [2.75, 3.05) is 5.32 Å². The van der Waals surface area contributed by atoms with Crippen LogP contribution in [-0.4, -0.2) is 35.9 Å². The van der Waals surface area contributed by atoms with Gasteiger partial charge in [-0.05, 0) is 47.5 Å². The fourth-order valence-electron chi connectivity index (χ4n) is 3.41. The Bertz CT molecular complexity index is 1460. The van der Waals surface area contributed by atoms with E-state index in [1.54, 1.807) is 19.1 Å². The van der Waals surface area contributed by atoms with E-state index in [0.29, 0.717) is 11.8 Å². The zero-order chi connectivity index (χ0) is 26.1. The van der Waals surface area contributed by atoms with Gasteiger partial charge >= 0.3 is 14.0 Å². The SMILES string of the molecule is CCCc1ccc(NC(=O)c2ccc3cc(-c4nnn(COP(=O)(O)O)n4)oc3c2)cc1C(F)(F)F. The maximum atomic E-state index is 13.4. The largest absolute Gasteiger partial charge is 0.471 e. The fraction of sp³-hybridized carbons (Fsp3) is 0.238. The zero-order valence-electron chi connectivity index (χ0n) is 18.6. The number of tetrazole rings is 1. The van der Waals surface area contributed by atoms with E-state index in [9.17, 15) is 22.5 Å². The number of fused-ring (bicyclic) bond motifs is 1. The summed E-state index contributed by atoms with van der Waals surface area (Å²) in [5.41, 5.74) is -0.215. The molecule has 15 heteroatoms. The molecule has 0 saturated carbocycles. The van der Waals surface area contributed by atoms with Crippen LogP contribution in [0, 0.1) is 0 Å². The van der Waals surface area contributed by atoms with E-state index in [2.05, 4.69) is 25.3 Å². The average Bonchev–Trinajstić information content (AvgIpc) is 3.44. The van der Waals surface area contributed by atoms with Gasteiger partial charge in [-0.15, -0.1) is 15.0 Å². The molecule has 0 atom stereocenters. The molecule has 0 fully saturated rings. The van der Waals surface area contributed by atoms with E-state index in [1.807, 2.05) is 0 Å². The van der Waals surface area contributed by atoms with E-state index in [-0.39, 0.29) is 40.4 Å². The quantitative estimate of drug-likeness (QED) is 0.285. The Morgan fingerprint density at radius 3 is 2.67 bits per heavy atom. The topological polar surface area (TPSA) is 153 Å². The molecule has 1 amide bonds. The molecule has 2 heterocycles. The number of hydrogen-bond acceptors (Lipinski definition) is 7. The lowest BCUT2D eigenvalue weighted by molar-refractivity contribution is -0.138. The van der Waals surface area contributed by atoms with Crippen molar-refractivity contribution in [3.63, 3.8) is 0 Å². The first-order valence-electron chi connectivity index (χ1n) is 10.5. The van der Waals surface area contributed by atoms with Crippen LogP contribution in [0.4, 0.5) is 18.9 Å². The van der Waals surface area contributed by atoms with E-state index in [1.165, 1.54) is 24.3 Å². The zero-order valence-corrected chi connectivity index (χ0v) is 19.5. The summed E-state index contributed by atoms with van der Waals surface area (Å²) in [6.07, 6.45) is -3.74. The highest BCUT2D eigenvalue weighted by atomic mass is 31.2. The number of alkyl halides is 3. The molecule has 0 unspecified atom stereocenters. The Labute approximate surface area is 201 Å². The third kappa shape index (κ3) is 5.97. The van der Waals surface area contributed by atoms with Crippen molar-refractivity contribution in [1.29, 1.82) is 0 Å². The van der Waals surface area contributed by atoms with E-state index in [4.69, 9.17) is 14.2 Å². The van der Waals surface area contributed by atoms with Crippen LogP contribution in [0.15, 0.2) is 46.9 Å². The number of phosphoric acid groups is 1. The minimum Gasteiger partial charge on any atom is -0.453 e. The molecule has 0 aliphatic carbocycles. The molecule has 0 saturated heterocycles. The highest BCUT2D eigenvalue weighted by molar-refractivity contribution is 7.46. The van der Waals surface area contributed by atoms with Gasteiger partial charge in [-0.3, -0.25) is 9.32 Å². The number of hydrogen-bond donors (Lipinski definition) is 3. The van der Waals surface area contributed by atoms with Crippen LogP contribution < -0.4 is 5.32 Å². The number of nitrogens with one attached hydrogen (secondary N) is 1. The number of rotatable bonds is 8. The van der Waals surface area contributed by atoms with Crippen LogP contribution in [0.1, 0.15) is 34.8 Å². The van der Waals surface area contributed by atoms with Gasteiger partial charge in [-0.2, -0.15) is 13.2 Å². The second-order valence-electron chi connectivity index (χ2n) is 7.67. The molecular weight excluding hydrogens is 506 g/mol. The number of furan rings is 1. The van der Waals surface area contributed by atoms with Gasteiger partial charge in [0.25, 0.3) is 5.91 Å². The first kappa shape index (κ1) is 25.5. The molecular formula is C21H19F3N5O6P. The van der Waals surface area contributed by atoms with E-state index in [0.717, 1.165) is 10.9 Å². The fourth-order valence-corrected chi connectivity index (χ4v) is 3.67. The van der Waals surface area contributed by atoms with Gasteiger partial charge in [0.15, 0.2) is 12.5 Å². The Morgan fingerprint density at radius 1 is 1.19 bits per heavy atom. The molecule has 2 aromatic heterocycles. The molecule has 36 heavy (non-hydrogen) atoms. The van der Waals surface area contributed by atoms with Crippen molar-refractivity contribution in [3.8, 4) is 11.6 Å². The van der Waals surface area contributed by atoms with Gasteiger partial charge in [-0.25, -0.2) is 4.57 Å². The molecule has 190 valence electrons. The Morgan fingerprint density at radius 2 is 1.97 bits per heavy atom. The van der Waals surface area contributed by atoms with Gasteiger partial charge in [-0.1, -0.05) is 25.5 Å². The van der Waals surface area contributed by atoms with Gasteiger partial charge in [0.1, 0.15) is 5.58 Å². The lowest BCUT2D eigenvalue weighted by atomic mass is 10.0. The third-order valence-electron chi connectivity index (χ3n) is 4.99. The first-order chi connectivity index (χ1) is 16.9. The Balaban J connectivity index is 1.53. The van der Waals surface area contributed by atoms with Gasteiger partial charge < -0.3 is 19.5 Å². The maximum Gasteiger partial charge on any atom is 0.471 e. The van der Waals surface area contributed by atoms with Crippen LogP contribution in [0.3, 0.4) is 0 Å². The van der Waals surface area contributed by atoms with E-state index < -0.39 is 32.2 Å². The molecule has 0 radical (unpaired) electrons. The summed E-state index contributed by atoms with van der Waals surface area (Å²) < 4.78 is 61.1. The van der Waals surface area contributed by atoms with Crippen LogP contribution in [0.25, 0.3) is 22.6 Å². The van der Waals surface area contributed by atoms with Crippen molar-refractivity contribution in [2.24, 2.45) is 0 Å². The number of anilines is 1. The Hall–Kier alpha value is -3.58. The molecule has 3 N–H and O–H groups in total. The normalized spacial score (nSPS) is 12.3. The molecule has 0 aliphatic rings. The number of halogens is 3. The van der Waals surface area contributed by atoms with E-state index >= 15 is 0 Å². The predicted octanol–water partition coefficient (Wildman–Crippen LogP) is 4.38. The number of aromatic nitrogens is 4. The number of phosphoric ester groups is 1. The summed E-state index contributed by atoms with van der Waals surface area (Å²) >= 11 is 0. The summed E-state index contributed by atoms with van der Waals surface area (Å²) in [6.45, 7) is 1.14. The third-order valence-corrected chi connectivity index (χ3v) is 5.44. The number of amides is 1. The van der Waals surface area contributed by atoms with Gasteiger partial charge in [0, 0.05) is 16.6 Å². The summed E-state index contributed by atoms with van der Waals surface area (Å²) in [5.74, 6) is -0.477. The minimum absolute atomic E-state index is 0.00152. The molecule has 4 aromatic rings. The van der Waals surface area contributed by atoms with Gasteiger partial charge in [0.05, 0.1) is 5.56 Å². The minimum atomic E-state index is -4.72. The second kappa shape index (κ2) is 9.82. The monoisotopic (exact) mass is 525 g/mol. The predicted molar refractivity (Wildman–Crippen MR) is 120 cm³/mol. The smallest absolute Gasteiger partial charge is 0.453 e. The van der Waals surface area contributed by atoms with Crippen LogP contribution in [0.5, 0.6) is 0 Å². The first-order valence-corrected chi connectivity index (χ1v) is 12.0. The number of carbonyl (C=O) groups is 1. The van der Waals surface area contributed by atoms with Crippen molar-refractivity contribution < 1.29 is 41.3 Å².